The van der Waals surface area contributed by atoms with Crippen LogP contribution in [-0.4, -0.2) is 21.8 Å². The summed E-state index contributed by atoms with van der Waals surface area (Å²) < 4.78 is 0. The van der Waals surface area contributed by atoms with Crippen molar-refractivity contribution in [2.24, 2.45) is 0 Å². The van der Waals surface area contributed by atoms with Crippen molar-refractivity contribution >= 4 is 5.78 Å². The molecular formula is C6H12O3. The minimum Gasteiger partial charge on any atom is -0.365 e. The Balaban J connectivity index is 3.60. The van der Waals surface area contributed by atoms with Gasteiger partial charge in [0.05, 0.1) is 6.42 Å². The maximum Gasteiger partial charge on any atom is 0.166 e. The summed E-state index contributed by atoms with van der Waals surface area (Å²) in [7, 11) is 0. The van der Waals surface area contributed by atoms with E-state index in [9.17, 15) is 4.79 Å². The molecule has 0 unspecified atom stereocenters. The molecule has 0 aliphatic heterocycles. The molecule has 0 saturated heterocycles. The van der Waals surface area contributed by atoms with Crippen LogP contribution in [0.25, 0.3) is 0 Å². The first kappa shape index (κ1) is 8.59. The summed E-state index contributed by atoms with van der Waals surface area (Å²) in [5.41, 5.74) is 0. The van der Waals surface area contributed by atoms with Crippen LogP contribution in [-0.2, 0) is 4.79 Å². The Kier molecular flexibility index (Phi) is 2.81. The summed E-state index contributed by atoms with van der Waals surface area (Å²) in [5, 5.41) is 17.3. The van der Waals surface area contributed by atoms with Gasteiger partial charge < -0.3 is 10.2 Å². The molecule has 0 heterocycles. The Morgan fingerprint density at radius 1 is 1.56 bits per heavy atom. The Morgan fingerprint density at radius 3 is 2.11 bits per heavy atom. The van der Waals surface area contributed by atoms with Gasteiger partial charge in [0.15, 0.2) is 5.79 Å². The number of aliphatic hydroxyl groups is 2. The molecule has 54 valence electrons. The first-order valence-corrected chi connectivity index (χ1v) is 2.92. The number of hydrogen-bond acceptors (Lipinski definition) is 3. The van der Waals surface area contributed by atoms with E-state index in [1.807, 2.05) is 0 Å². The number of Topliss-reactive ketones (excluding diaryl/α,β-unsaturated/α-hetero) is 1. The van der Waals surface area contributed by atoms with Crippen LogP contribution in [0.5, 0.6) is 0 Å². The van der Waals surface area contributed by atoms with E-state index in [-0.39, 0.29) is 12.2 Å². The Hall–Kier alpha value is -0.410. The molecule has 0 spiro atoms. The van der Waals surface area contributed by atoms with E-state index >= 15 is 0 Å². The van der Waals surface area contributed by atoms with Crippen LogP contribution in [0.4, 0.5) is 0 Å². The zero-order valence-electron chi connectivity index (χ0n) is 5.72. The van der Waals surface area contributed by atoms with Gasteiger partial charge in [-0.25, -0.2) is 0 Å². The van der Waals surface area contributed by atoms with Crippen molar-refractivity contribution in [3.63, 3.8) is 0 Å². The first-order valence-electron chi connectivity index (χ1n) is 2.92. The molecule has 0 bridgehead atoms. The lowest BCUT2D eigenvalue weighted by atomic mass is 10.1. The highest BCUT2D eigenvalue weighted by Gasteiger charge is 2.18. The maximum atomic E-state index is 10.5. The Labute approximate surface area is 54.3 Å². The molecule has 2 N–H and O–H groups in total. The molecule has 0 saturated carbocycles. The molecule has 0 rings (SSSR count). The zero-order chi connectivity index (χ0) is 7.49. The van der Waals surface area contributed by atoms with E-state index < -0.39 is 5.79 Å². The van der Waals surface area contributed by atoms with Crippen molar-refractivity contribution in [2.45, 2.75) is 32.5 Å². The average molecular weight is 132 g/mol. The molecule has 3 heteroatoms. The molecule has 0 atom stereocenters. The molecule has 0 fully saturated rings. The molecule has 0 aliphatic carbocycles. The summed E-state index contributed by atoms with van der Waals surface area (Å²) in [6, 6.07) is 0. The molecule has 0 aromatic carbocycles. The van der Waals surface area contributed by atoms with Crippen LogP contribution < -0.4 is 0 Å². The molecule has 0 aromatic rings. The third-order valence-electron chi connectivity index (χ3n) is 0.926. The van der Waals surface area contributed by atoms with Gasteiger partial charge in [0.2, 0.25) is 0 Å². The highest BCUT2D eigenvalue weighted by molar-refractivity contribution is 5.78. The fraction of sp³-hybridized carbons (Fsp3) is 0.833. The topological polar surface area (TPSA) is 57.5 Å². The highest BCUT2D eigenvalue weighted by atomic mass is 16.5. The van der Waals surface area contributed by atoms with Gasteiger partial charge in [-0.3, -0.25) is 4.79 Å². The van der Waals surface area contributed by atoms with E-state index in [0.717, 1.165) is 0 Å². The van der Waals surface area contributed by atoms with Gasteiger partial charge in [0.1, 0.15) is 5.78 Å². The molecule has 3 nitrogen and oxygen atoms in total. The van der Waals surface area contributed by atoms with Crippen LogP contribution in [0.1, 0.15) is 26.7 Å². The third-order valence-corrected chi connectivity index (χ3v) is 0.926. The van der Waals surface area contributed by atoms with Crippen molar-refractivity contribution in [1.29, 1.82) is 0 Å². The predicted octanol–water partition coefficient (Wildman–Crippen LogP) is 0.0564. The number of ketones is 1. The van der Waals surface area contributed by atoms with Crippen LogP contribution >= 0.6 is 0 Å². The van der Waals surface area contributed by atoms with E-state index in [1.165, 1.54) is 6.92 Å². The quantitative estimate of drug-likeness (QED) is 0.534. The standard InChI is InChI=1S/C6H12O3/c1-3-5(7)4-6(2,8)9/h8-9H,3-4H2,1-2H3. The second-order valence-electron chi connectivity index (χ2n) is 2.29. The summed E-state index contributed by atoms with van der Waals surface area (Å²) in [5.74, 6) is -1.96. The minimum absolute atomic E-state index is 0.137. The van der Waals surface area contributed by atoms with Gasteiger partial charge in [-0.05, 0) is 6.92 Å². The Morgan fingerprint density at radius 2 is 2.00 bits per heavy atom. The highest BCUT2D eigenvalue weighted by Crippen LogP contribution is 2.05. The smallest absolute Gasteiger partial charge is 0.166 e. The largest absolute Gasteiger partial charge is 0.365 e. The van der Waals surface area contributed by atoms with Gasteiger partial charge in [0, 0.05) is 6.42 Å². The first-order chi connectivity index (χ1) is 3.95. The van der Waals surface area contributed by atoms with Crippen molar-refractivity contribution in [3.8, 4) is 0 Å². The van der Waals surface area contributed by atoms with Crippen molar-refractivity contribution < 1.29 is 15.0 Å². The second-order valence-corrected chi connectivity index (χ2v) is 2.29. The number of hydrogen-bond donors (Lipinski definition) is 2. The van der Waals surface area contributed by atoms with E-state index in [4.69, 9.17) is 10.2 Å². The third kappa shape index (κ3) is 5.46. The number of carbonyl (C=O) groups excluding carboxylic acids is 1. The monoisotopic (exact) mass is 132 g/mol. The maximum absolute atomic E-state index is 10.5. The summed E-state index contributed by atoms with van der Waals surface area (Å²) in [4.78, 5) is 10.5. The van der Waals surface area contributed by atoms with Crippen LogP contribution in [0.15, 0.2) is 0 Å². The molecule has 0 radical (unpaired) electrons. The lowest BCUT2D eigenvalue weighted by Gasteiger charge is -2.12. The SMILES string of the molecule is CCC(=O)CC(C)(O)O. The molecule has 0 aliphatic rings. The van der Waals surface area contributed by atoms with Crippen molar-refractivity contribution in [3.05, 3.63) is 0 Å². The fourth-order valence-electron chi connectivity index (χ4n) is 0.499. The lowest BCUT2D eigenvalue weighted by molar-refractivity contribution is -0.159. The van der Waals surface area contributed by atoms with E-state index in [2.05, 4.69) is 0 Å². The molecule has 9 heavy (non-hydrogen) atoms. The molecule has 0 amide bonds. The van der Waals surface area contributed by atoms with Crippen molar-refractivity contribution in [1.82, 2.24) is 0 Å². The molecular weight excluding hydrogens is 120 g/mol. The predicted molar refractivity (Wildman–Crippen MR) is 32.8 cm³/mol. The van der Waals surface area contributed by atoms with Gasteiger partial charge in [-0.1, -0.05) is 6.92 Å². The van der Waals surface area contributed by atoms with Crippen LogP contribution in [0.2, 0.25) is 0 Å². The van der Waals surface area contributed by atoms with E-state index in [0.29, 0.717) is 6.42 Å². The zero-order valence-corrected chi connectivity index (χ0v) is 5.72. The van der Waals surface area contributed by atoms with Gasteiger partial charge in [-0.2, -0.15) is 0 Å². The van der Waals surface area contributed by atoms with Gasteiger partial charge in [-0.15, -0.1) is 0 Å². The fourth-order valence-corrected chi connectivity index (χ4v) is 0.499. The lowest BCUT2D eigenvalue weighted by Crippen LogP contribution is -2.26. The summed E-state index contributed by atoms with van der Waals surface area (Å²) in [6.07, 6.45) is 0.181. The second kappa shape index (κ2) is 2.94. The van der Waals surface area contributed by atoms with Gasteiger partial charge in [0.25, 0.3) is 0 Å². The van der Waals surface area contributed by atoms with Crippen LogP contribution in [0.3, 0.4) is 0 Å². The average Bonchev–Trinajstić information content (AvgIpc) is 1.62. The van der Waals surface area contributed by atoms with Crippen molar-refractivity contribution in [2.75, 3.05) is 0 Å². The summed E-state index contributed by atoms with van der Waals surface area (Å²) in [6.45, 7) is 2.88. The van der Waals surface area contributed by atoms with Crippen LogP contribution in [0, 0.1) is 0 Å². The number of rotatable bonds is 3. The Bertz CT molecular complexity index is 101. The minimum atomic E-state index is -1.83. The summed E-state index contributed by atoms with van der Waals surface area (Å²) >= 11 is 0. The molecule has 0 aromatic heterocycles. The van der Waals surface area contributed by atoms with Gasteiger partial charge >= 0.3 is 0 Å². The number of carbonyl (C=O) groups is 1. The normalized spacial score (nSPS) is 11.6. The van der Waals surface area contributed by atoms with E-state index in [1.54, 1.807) is 6.92 Å².